The molecule has 1 fully saturated rings. The van der Waals surface area contributed by atoms with Gasteiger partial charge >= 0.3 is 0 Å². The topological polar surface area (TPSA) is 44.4 Å². The highest BCUT2D eigenvalue weighted by Gasteiger charge is 2.23. The summed E-state index contributed by atoms with van der Waals surface area (Å²) < 4.78 is 0. The van der Waals surface area contributed by atoms with Crippen LogP contribution in [0.4, 0.5) is 5.69 Å². The van der Waals surface area contributed by atoms with E-state index in [0.29, 0.717) is 18.6 Å². The summed E-state index contributed by atoms with van der Waals surface area (Å²) in [6, 6.07) is 9.02. The SMILES string of the molecule is CCCc1ccc(NC(=O)CN2CC(C)NCC2C)cc1. The molecule has 4 nitrogen and oxygen atoms in total. The second-order valence-electron chi connectivity index (χ2n) is 6.08. The zero-order valence-corrected chi connectivity index (χ0v) is 13.4. The van der Waals surface area contributed by atoms with Crippen molar-refractivity contribution in [3.63, 3.8) is 0 Å². The van der Waals surface area contributed by atoms with E-state index in [1.807, 2.05) is 12.1 Å². The molecule has 0 radical (unpaired) electrons. The lowest BCUT2D eigenvalue weighted by Gasteiger charge is -2.36. The number of hydrogen-bond acceptors (Lipinski definition) is 3. The molecule has 1 aliphatic heterocycles. The molecule has 2 N–H and O–H groups in total. The molecule has 1 aromatic carbocycles. The van der Waals surface area contributed by atoms with E-state index >= 15 is 0 Å². The van der Waals surface area contributed by atoms with Gasteiger partial charge in [0.15, 0.2) is 0 Å². The molecule has 0 aliphatic carbocycles. The molecule has 0 bridgehead atoms. The van der Waals surface area contributed by atoms with Gasteiger partial charge in [-0.15, -0.1) is 0 Å². The summed E-state index contributed by atoms with van der Waals surface area (Å²) in [5.41, 5.74) is 2.20. The molecule has 0 spiro atoms. The third-order valence-corrected chi connectivity index (χ3v) is 4.02. The summed E-state index contributed by atoms with van der Waals surface area (Å²) in [5.74, 6) is 0.0687. The third-order valence-electron chi connectivity index (χ3n) is 4.02. The Hall–Kier alpha value is -1.39. The zero-order chi connectivity index (χ0) is 15.2. The fourth-order valence-corrected chi connectivity index (χ4v) is 2.75. The van der Waals surface area contributed by atoms with Crippen LogP contribution in [0.1, 0.15) is 32.8 Å². The van der Waals surface area contributed by atoms with Crippen LogP contribution in [0.3, 0.4) is 0 Å². The average molecular weight is 289 g/mol. The molecular formula is C17H27N3O. The van der Waals surface area contributed by atoms with Gasteiger partial charge in [-0.1, -0.05) is 25.5 Å². The van der Waals surface area contributed by atoms with E-state index in [1.54, 1.807) is 0 Å². The lowest BCUT2D eigenvalue weighted by molar-refractivity contribution is -0.118. The van der Waals surface area contributed by atoms with Crippen molar-refractivity contribution in [1.29, 1.82) is 0 Å². The number of anilines is 1. The normalized spacial score (nSPS) is 23.0. The van der Waals surface area contributed by atoms with Crippen molar-refractivity contribution in [1.82, 2.24) is 10.2 Å². The van der Waals surface area contributed by atoms with Crippen LogP contribution in [0.5, 0.6) is 0 Å². The molecule has 4 heteroatoms. The first kappa shape index (κ1) is 16.0. The number of aryl methyl sites for hydroxylation is 1. The highest BCUT2D eigenvalue weighted by atomic mass is 16.2. The highest BCUT2D eigenvalue weighted by molar-refractivity contribution is 5.92. The molecule has 1 amide bonds. The van der Waals surface area contributed by atoms with Crippen LogP contribution in [-0.2, 0) is 11.2 Å². The maximum Gasteiger partial charge on any atom is 0.238 e. The molecule has 0 saturated carbocycles. The number of benzene rings is 1. The maximum atomic E-state index is 12.2. The van der Waals surface area contributed by atoms with Gasteiger partial charge in [0.1, 0.15) is 0 Å². The van der Waals surface area contributed by atoms with Gasteiger partial charge in [-0.25, -0.2) is 0 Å². The molecule has 1 saturated heterocycles. The van der Waals surface area contributed by atoms with Gasteiger partial charge in [-0.05, 0) is 38.0 Å². The number of carbonyl (C=O) groups is 1. The maximum absolute atomic E-state index is 12.2. The molecule has 116 valence electrons. The molecule has 0 aromatic heterocycles. The number of nitrogens with zero attached hydrogens (tertiary/aromatic N) is 1. The van der Waals surface area contributed by atoms with Gasteiger partial charge < -0.3 is 10.6 Å². The van der Waals surface area contributed by atoms with Crippen molar-refractivity contribution in [3.8, 4) is 0 Å². The van der Waals surface area contributed by atoms with Crippen LogP contribution in [0.2, 0.25) is 0 Å². The van der Waals surface area contributed by atoms with Crippen LogP contribution in [-0.4, -0.2) is 42.5 Å². The monoisotopic (exact) mass is 289 g/mol. The number of amides is 1. The van der Waals surface area contributed by atoms with Crippen LogP contribution in [0.25, 0.3) is 0 Å². The Labute approximate surface area is 127 Å². The predicted molar refractivity (Wildman–Crippen MR) is 87.6 cm³/mol. The van der Waals surface area contributed by atoms with Crippen molar-refractivity contribution >= 4 is 11.6 Å². The quantitative estimate of drug-likeness (QED) is 0.874. The lowest BCUT2D eigenvalue weighted by Crippen LogP contribution is -2.55. The summed E-state index contributed by atoms with van der Waals surface area (Å²) in [6.45, 7) is 8.81. The van der Waals surface area contributed by atoms with Crippen molar-refractivity contribution in [2.24, 2.45) is 0 Å². The third kappa shape index (κ3) is 4.83. The standard InChI is InChI=1S/C17H27N3O/c1-4-5-15-6-8-16(9-7-15)19-17(21)12-20-11-13(2)18-10-14(20)3/h6-9,13-14,18H,4-5,10-12H2,1-3H3,(H,19,21). The molecule has 21 heavy (non-hydrogen) atoms. The predicted octanol–water partition coefficient (Wildman–Crippen LogP) is 2.26. The minimum atomic E-state index is 0.0687. The molecule has 1 aliphatic rings. The van der Waals surface area contributed by atoms with Crippen LogP contribution < -0.4 is 10.6 Å². The largest absolute Gasteiger partial charge is 0.325 e. The number of rotatable bonds is 5. The molecular weight excluding hydrogens is 262 g/mol. The Morgan fingerprint density at radius 3 is 2.71 bits per heavy atom. The van der Waals surface area contributed by atoms with Crippen LogP contribution >= 0.6 is 0 Å². The fourth-order valence-electron chi connectivity index (χ4n) is 2.75. The Morgan fingerprint density at radius 2 is 2.05 bits per heavy atom. The Balaban J connectivity index is 1.86. The van der Waals surface area contributed by atoms with Crippen molar-refractivity contribution in [2.75, 3.05) is 25.0 Å². The minimum Gasteiger partial charge on any atom is -0.325 e. The van der Waals surface area contributed by atoms with E-state index in [0.717, 1.165) is 31.6 Å². The second-order valence-corrected chi connectivity index (χ2v) is 6.08. The Morgan fingerprint density at radius 1 is 1.33 bits per heavy atom. The molecule has 1 aromatic rings. The number of piperazine rings is 1. The zero-order valence-electron chi connectivity index (χ0n) is 13.4. The van der Waals surface area contributed by atoms with Gasteiger partial charge in [-0.2, -0.15) is 0 Å². The van der Waals surface area contributed by atoms with Crippen molar-refractivity contribution < 1.29 is 4.79 Å². The first-order chi connectivity index (χ1) is 10.1. The molecule has 2 rings (SSSR count). The minimum absolute atomic E-state index is 0.0687. The Bertz CT molecular complexity index is 458. The molecule has 1 heterocycles. The van der Waals surface area contributed by atoms with E-state index in [-0.39, 0.29) is 5.91 Å². The van der Waals surface area contributed by atoms with E-state index in [9.17, 15) is 4.79 Å². The number of carbonyl (C=O) groups excluding carboxylic acids is 1. The highest BCUT2D eigenvalue weighted by Crippen LogP contribution is 2.12. The van der Waals surface area contributed by atoms with Crippen LogP contribution in [0, 0.1) is 0 Å². The number of nitrogens with one attached hydrogen (secondary N) is 2. The molecule has 2 atom stereocenters. The van der Waals surface area contributed by atoms with Gasteiger partial charge in [0.2, 0.25) is 5.91 Å². The summed E-state index contributed by atoms with van der Waals surface area (Å²) >= 11 is 0. The first-order valence-electron chi connectivity index (χ1n) is 7.94. The number of hydrogen-bond donors (Lipinski definition) is 2. The summed E-state index contributed by atoms with van der Waals surface area (Å²) in [7, 11) is 0. The van der Waals surface area contributed by atoms with Gasteiger partial charge in [0.25, 0.3) is 0 Å². The van der Waals surface area contributed by atoms with Gasteiger partial charge in [0, 0.05) is 30.9 Å². The summed E-state index contributed by atoms with van der Waals surface area (Å²) in [6.07, 6.45) is 2.23. The Kier molecular flexibility index (Phi) is 5.76. The lowest BCUT2D eigenvalue weighted by atomic mass is 10.1. The van der Waals surface area contributed by atoms with E-state index < -0.39 is 0 Å². The van der Waals surface area contributed by atoms with E-state index in [1.165, 1.54) is 5.56 Å². The van der Waals surface area contributed by atoms with Gasteiger partial charge in [0.05, 0.1) is 6.54 Å². The summed E-state index contributed by atoms with van der Waals surface area (Å²) in [4.78, 5) is 14.4. The van der Waals surface area contributed by atoms with Gasteiger partial charge in [-0.3, -0.25) is 9.69 Å². The van der Waals surface area contributed by atoms with E-state index in [2.05, 4.69) is 48.4 Å². The molecule has 2 unspecified atom stereocenters. The smallest absolute Gasteiger partial charge is 0.238 e. The van der Waals surface area contributed by atoms with E-state index in [4.69, 9.17) is 0 Å². The second kappa shape index (κ2) is 7.57. The van der Waals surface area contributed by atoms with Crippen molar-refractivity contribution in [2.45, 2.75) is 45.7 Å². The average Bonchev–Trinajstić information content (AvgIpc) is 2.45. The fraction of sp³-hybridized carbons (Fsp3) is 0.588. The summed E-state index contributed by atoms with van der Waals surface area (Å²) in [5, 5.41) is 6.42. The first-order valence-corrected chi connectivity index (χ1v) is 7.94. The van der Waals surface area contributed by atoms with Crippen LogP contribution in [0.15, 0.2) is 24.3 Å². The van der Waals surface area contributed by atoms with Crippen molar-refractivity contribution in [3.05, 3.63) is 29.8 Å².